The minimum atomic E-state index is -1.00. The quantitative estimate of drug-likeness (QED) is 0.0222. The highest BCUT2D eigenvalue weighted by atomic mass is 35.5. The molecule has 130 heavy (non-hydrogen) atoms. The number of thiocarbonyl (C=S) groups is 2. The number of likely N-dealkylation sites (tertiary alicyclic amines) is 2. The SMILES string of the molecule is Cc1ncoc1-c1ccc(CNC(=O)[C@@H]2C[C@@H](C)CN2C(=O)[C@@H](NC(=O)COCC#CC#CCOc2ccc(N3C(=S)N(c4ccc(C#N)c(Cl)c4)C(=O)C3(C)C)cc2)C(C)(C)C)cc1.Cc1ncsc1-c1ccc(CNC(=O)[C@@H]2C[C@@H](C)CN2C(=O)[C@@H](NC(=O)COCC#CC#CCOc2ccc(N3C(=S)N(c4ccc(C#N)c(Cl)c4)C(=O)C3(C)C)cc2)C(C)(C)C)cc1. The van der Waals surface area contributed by atoms with Crippen molar-refractivity contribution < 1.29 is 61.7 Å². The van der Waals surface area contributed by atoms with Crippen LogP contribution in [0.1, 0.15) is 130 Å². The van der Waals surface area contributed by atoms with Crippen LogP contribution < -0.4 is 50.3 Å². The summed E-state index contributed by atoms with van der Waals surface area (Å²) >= 11 is 25.6. The van der Waals surface area contributed by atoms with Crippen LogP contribution in [-0.2, 0) is 60.9 Å². The zero-order chi connectivity index (χ0) is 94.1. The van der Waals surface area contributed by atoms with Crippen LogP contribution in [0.2, 0.25) is 10.0 Å². The summed E-state index contributed by atoms with van der Waals surface area (Å²) in [6, 6.07) is 40.2. The van der Waals surface area contributed by atoms with E-state index >= 15 is 0 Å². The van der Waals surface area contributed by atoms with Gasteiger partial charge in [0, 0.05) is 43.1 Å². The zero-order valence-corrected chi connectivity index (χ0v) is 78.5. The topological polar surface area (TPSA) is 328 Å². The van der Waals surface area contributed by atoms with Crippen LogP contribution in [0.15, 0.2) is 150 Å². The summed E-state index contributed by atoms with van der Waals surface area (Å²) in [6.07, 6.45) is 2.43. The van der Waals surface area contributed by atoms with Crippen molar-refractivity contribution in [1.82, 2.24) is 41.0 Å². The number of ether oxygens (including phenoxy) is 4. The van der Waals surface area contributed by atoms with E-state index in [9.17, 15) is 48.9 Å². The molecule has 2 aromatic heterocycles. The Morgan fingerprint density at radius 3 is 1.28 bits per heavy atom. The number of nitrogens with one attached hydrogen (secondary N) is 4. The molecule has 27 nitrogen and oxygen atoms in total. The van der Waals surface area contributed by atoms with E-state index in [4.69, 9.17) is 71.0 Å². The number of nitriles is 2. The van der Waals surface area contributed by atoms with Crippen molar-refractivity contribution in [2.45, 2.75) is 158 Å². The van der Waals surface area contributed by atoms with E-state index in [1.54, 1.807) is 144 Å². The van der Waals surface area contributed by atoms with Crippen LogP contribution in [0.25, 0.3) is 21.8 Å². The number of aryl methyl sites for hydroxylation is 2. The smallest absolute Gasteiger partial charge is 0.259 e. The van der Waals surface area contributed by atoms with E-state index in [0.29, 0.717) is 83.6 Å². The van der Waals surface area contributed by atoms with E-state index in [1.165, 1.54) is 16.2 Å². The van der Waals surface area contributed by atoms with Gasteiger partial charge in [0.05, 0.1) is 54.3 Å². The molecule has 0 bridgehead atoms. The molecule has 12 rings (SSSR count). The van der Waals surface area contributed by atoms with Crippen LogP contribution in [0.5, 0.6) is 11.5 Å². The van der Waals surface area contributed by atoms with Gasteiger partial charge in [-0.3, -0.25) is 48.2 Å². The first-order valence-electron chi connectivity index (χ1n) is 41.8. The number of amides is 8. The maximum Gasteiger partial charge on any atom is 0.259 e. The minimum Gasteiger partial charge on any atom is -0.481 e. The summed E-state index contributed by atoms with van der Waals surface area (Å²) in [4.78, 5) is 127. The van der Waals surface area contributed by atoms with Crippen molar-refractivity contribution in [2.24, 2.45) is 22.7 Å². The number of hydrogen-bond donors (Lipinski definition) is 4. The highest BCUT2D eigenvalue weighted by molar-refractivity contribution is 7.81. The Morgan fingerprint density at radius 1 is 0.546 bits per heavy atom. The molecule has 0 aliphatic carbocycles. The maximum absolute atomic E-state index is 14.0. The van der Waals surface area contributed by atoms with Crippen LogP contribution in [0, 0.1) is 107 Å². The Kier molecular flexibility index (Phi) is 32.3. The maximum atomic E-state index is 14.0. The Bertz CT molecular complexity index is 5620. The Labute approximate surface area is 782 Å². The number of rotatable bonds is 26. The lowest BCUT2D eigenvalue weighted by atomic mass is 9.85. The first-order valence-corrected chi connectivity index (χ1v) is 44.3. The second-order valence-corrected chi connectivity index (χ2v) is 37.1. The first kappa shape index (κ1) is 97.6. The number of carbonyl (C=O) groups is 8. The van der Waals surface area contributed by atoms with E-state index < -0.39 is 57.9 Å². The summed E-state index contributed by atoms with van der Waals surface area (Å²) in [5, 5.41) is 31.2. The third-order valence-electron chi connectivity index (χ3n) is 22.0. The van der Waals surface area contributed by atoms with Gasteiger partial charge in [0.2, 0.25) is 35.4 Å². The molecule has 8 aromatic rings. The van der Waals surface area contributed by atoms with Crippen molar-refractivity contribution >= 4 is 139 Å². The highest BCUT2D eigenvalue weighted by Gasteiger charge is 2.53. The number of benzene rings is 6. The molecule has 8 amide bonds. The van der Waals surface area contributed by atoms with Gasteiger partial charge in [-0.05, 0) is 239 Å². The van der Waals surface area contributed by atoms with Crippen molar-refractivity contribution in [3.05, 3.63) is 189 Å². The molecule has 4 saturated heterocycles. The lowest BCUT2D eigenvalue weighted by Gasteiger charge is -2.35. The number of aromatic nitrogens is 2. The number of anilines is 4. The number of nitrogens with zero attached hydrogens (tertiary/aromatic N) is 10. The molecule has 0 radical (unpaired) electrons. The number of oxazole rings is 1. The molecule has 6 atom stereocenters. The third-order valence-corrected chi connectivity index (χ3v) is 24.3. The molecule has 0 unspecified atom stereocenters. The molecular formula is C98H100Cl2N14O13S3. The molecule has 4 N–H and O–H groups in total. The molecule has 0 spiro atoms. The average molecular weight is 1850 g/mol. The van der Waals surface area contributed by atoms with Crippen LogP contribution in [0.4, 0.5) is 22.7 Å². The monoisotopic (exact) mass is 1850 g/mol. The number of hydrogen-bond acceptors (Lipinski definition) is 20. The van der Waals surface area contributed by atoms with Crippen molar-refractivity contribution in [3.8, 4) is 92.8 Å². The van der Waals surface area contributed by atoms with Gasteiger partial charge in [0.1, 0.15) is 98.5 Å². The van der Waals surface area contributed by atoms with Crippen molar-refractivity contribution in [1.29, 1.82) is 10.5 Å². The highest BCUT2D eigenvalue weighted by Crippen LogP contribution is 2.42. The molecule has 4 aliphatic rings. The summed E-state index contributed by atoms with van der Waals surface area (Å²) in [7, 11) is 0. The molecule has 6 heterocycles. The molecule has 0 saturated carbocycles. The van der Waals surface area contributed by atoms with Gasteiger partial charge in [-0.2, -0.15) is 10.5 Å². The fourth-order valence-electron chi connectivity index (χ4n) is 15.1. The lowest BCUT2D eigenvalue weighted by molar-refractivity contribution is -0.144. The van der Waals surface area contributed by atoms with Crippen molar-refractivity contribution in [3.63, 3.8) is 0 Å². The van der Waals surface area contributed by atoms with Gasteiger partial charge in [-0.15, -0.1) is 11.3 Å². The van der Waals surface area contributed by atoms with Gasteiger partial charge >= 0.3 is 0 Å². The Hall–Kier alpha value is -13.0. The Morgan fingerprint density at radius 2 is 0.931 bits per heavy atom. The van der Waals surface area contributed by atoms with Crippen molar-refractivity contribution in [2.75, 3.05) is 72.3 Å². The van der Waals surface area contributed by atoms with Gasteiger partial charge in [0.15, 0.2) is 22.4 Å². The van der Waals surface area contributed by atoms with Crippen LogP contribution in [-0.4, -0.2) is 165 Å². The molecule has 672 valence electrons. The predicted molar refractivity (Wildman–Crippen MR) is 506 cm³/mol. The summed E-state index contributed by atoms with van der Waals surface area (Å²) in [5.74, 6) is 21.3. The van der Waals surface area contributed by atoms with Crippen LogP contribution >= 0.6 is 59.0 Å². The van der Waals surface area contributed by atoms with Gasteiger partial charge in [0.25, 0.3) is 11.8 Å². The molecule has 6 aromatic carbocycles. The minimum absolute atomic E-state index is 0.0517. The number of thiazole rings is 1. The molecule has 4 fully saturated rings. The normalized spacial score (nSPS) is 17.1. The largest absolute Gasteiger partial charge is 0.481 e. The molecule has 32 heteroatoms. The van der Waals surface area contributed by atoms with E-state index in [0.717, 1.165) is 38.5 Å². The third kappa shape index (κ3) is 23.7. The zero-order valence-electron chi connectivity index (χ0n) is 74.6. The standard InChI is InChI=1S/C49H50ClN7O7S.C49H50ClN7O6S2/c1-31-24-40(44(59)52-27-33-12-14-34(15-13-33)42-32(2)53-30-64-42)55(28-31)45(60)43(48(3,4)5)54-41(58)29-62-22-10-8-9-11-23-63-38-20-18-36(19-21-38)57-47(65)56(46(61)49(57,6)7)37-17-16-35(26-51)39(50)25-37;1-31-24-40(44(59)52-27-33-12-14-34(15-13-33)42-32(2)53-30-65-42)55(28-31)45(60)43(48(3,4)5)54-41(58)29-62-22-10-8-9-11-23-63-38-20-18-36(19-21-38)57-47(64)56(46(61)49(57,6)7)37-17-16-35(26-51)39(50)25-37/h2*12-21,25,30-31,40,43H,22-24,27-29H2,1-7H3,(H,52,59)(H,54,58)/t2*31-,40+,43-/m11/s1. The summed E-state index contributed by atoms with van der Waals surface area (Å²) in [6.45, 7) is 26.9. The van der Waals surface area contributed by atoms with E-state index in [-0.39, 0.29) is 114 Å². The number of carbonyl (C=O) groups excluding carboxylic acids is 8. The Balaban J connectivity index is 0.000000251. The van der Waals surface area contributed by atoms with E-state index in [1.807, 2.05) is 135 Å². The van der Waals surface area contributed by atoms with Gasteiger partial charge in [-0.1, -0.05) is 139 Å². The average Bonchev–Trinajstić information content (AvgIpc) is 1.59. The fourth-order valence-corrected chi connectivity index (χ4v) is 17.4. The summed E-state index contributed by atoms with van der Waals surface area (Å²) in [5.41, 5.74) is 6.97. The first-order chi connectivity index (χ1) is 61.8. The van der Waals surface area contributed by atoms with E-state index in [2.05, 4.69) is 78.6 Å². The van der Waals surface area contributed by atoms with Gasteiger partial charge in [-0.25, -0.2) is 9.97 Å². The lowest BCUT2D eigenvalue weighted by Crippen LogP contribution is -2.58. The second-order valence-electron chi connectivity index (χ2n) is 34.7. The molecular weight excluding hydrogens is 1750 g/mol. The molecule has 4 aliphatic heterocycles. The van der Waals surface area contributed by atoms with Gasteiger partial charge < -0.3 is 64.2 Å². The fraction of sp³-hybridized carbons (Fsp3) is 0.367. The summed E-state index contributed by atoms with van der Waals surface area (Å²) < 4.78 is 27.9. The second kappa shape index (κ2) is 43.0. The number of halogens is 2. The van der Waals surface area contributed by atoms with Crippen LogP contribution in [0.3, 0.4) is 0 Å². The predicted octanol–water partition coefficient (Wildman–Crippen LogP) is 13.6.